The zero-order chi connectivity index (χ0) is 24.1. The van der Waals surface area contributed by atoms with Gasteiger partial charge in [0.2, 0.25) is 0 Å². The predicted molar refractivity (Wildman–Crippen MR) is 139 cm³/mol. The number of ether oxygens (including phenoxy) is 1. The number of hydrogen-bond acceptors (Lipinski definition) is 2. The molecule has 2 saturated carbocycles. The van der Waals surface area contributed by atoms with E-state index < -0.39 is 0 Å². The third-order valence-electron chi connectivity index (χ3n) is 8.54. The lowest BCUT2D eigenvalue weighted by Crippen LogP contribution is -2.49. The highest BCUT2D eigenvalue weighted by Gasteiger charge is 2.52. The van der Waals surface area contributed by atoms with E-state index in [0.717, 1.165) is 30.9 Å². The van der Waals surface area contributed by atoms with E-state index in [4.69, 9.17) is 4.74 Å². The number of fused-ring (bicyclic) bond motifs is 1. The zero-order valence-corrected chi connectivity index (χ0v) is 21.6. The molecular formula is C30H45NO2. The van der Waals surface area contributed by atoms with Crippen molar-refractivity contribution in [1.82, 2.24) is 0 Å². The maximum absolute atomic E-state index is 12.1. The second kappa shape index (κ2) is 10.9. The first-order valence-electron chi connectivity index (χ1n) is 13.0. The number of para-hydroxylation sites is 1. The first kappa shape index (κ1) is 25.6. The van der Waals surface area contributed by atoms with Gasteiger partial charge >= 0.3 is 6.09 Å². The molecule has 1 amide bonds. The monoisotopic (exact) mass is 451 g/mol. The Morgan fingerprint density at radius 3 is 2.70 bits per heavy atom. The van der Waals surface area contributed by atoms with E-state index in [2.05, 4.69) is 45.7 Å². The van der Waals surface area contributed by atoms with Gasteiger partial charge in [0.1, 0.15) is 6.10 Å². The summed E-state index contributed by atoms with van der Waals surface area (Å²) in [5.74, 6) is 1.46. The molecule has 0 unspecified atom stereocenters. The fourth-order valence-corrected chi connectivity index (χ4v) is 6.76. The molecule has 2 aliphatic rings. The number of hydrogen-bond donors (Lipinski definition) is 1. The Labute approximate surface area is 202 Å². The third kappa shape index (κ3) is 6.52. The van der Waals surface area contributed by atoms with Crippen molar-refractivity contribution in [2.24, 2.45) is 22.7 Å². The average molecular weight is 452 g/mol. The van der Waals surface area contributed by atoms with Crippen molar-refractivity contribution in [3.8, 4) is 0 Å². The van der Waals surface area contributed by atoms with Gasteiger partial charge in [-0.3, -0.25) is 5.32 Å². The fraction of sp³-hybridized carbons (Fsp3) is 0.633. The van der Waals surface area contributed by atoms with Gasteiger partial charge in [0.15, 0.2) is 0 Å². The van der Waals surface area contributed by atoms with Crippen LogP contribution in [0.3, 0.4) is 0 Å². The van der Waals surface area contributed by atoms with Crippen molar-refractivity contribution in [2.75, 3.05) is 5.32 Å². The van der Waals surface area contributed by atoms with Gasteiger partial charge in [-0.1, -0.05) is 69.2 Å². The van der Waals surface area contributed by atoms with Crippen molar-refractivity contribution in [2.45, 2.75) is 98.5 Å². The van der Waals surface area contributed by atoms with Crippen molar-refractivity contribution in [1.29, 1.82) is 0 Å². The van der Waals surface area contributed by atoms with Crippen LogP contribution in [0.25, 0.3) is 0 Å². The molecule has 0 spiro atoms. The molecule has 3 heteroatoms. The standard InChI is InChI=1S/C30H45NO2/c1-22(12-10-13-24(3)33-28(32)31-25-14-8-7-9-15-25)16-18-26-23(2)17-19-27-29(4,5)20-11-21-30(26,27)6/h7-9,12,14-15,24,26-27H,2,10-11,13,16-21H2,1,3-6H3,(H,31,32)/b22-12+/t24-,26+,27-,30+/m0/s1. The molecule has 2 fully saturated rings. The summed E-state index contributed by atoms with van der Waals surface area (Å²) in [7, 11) is 0. The van der Waals surface area contributed by atoms with Gasteiger partial charge in [-0.2, -0.15) is 0 Å². The lowest BCUT2D eigenvalue weighted by Gasteiger charge is -2.58. The number of carbonyl (C=O) groups is 1. The summed E-state index contributed by atoms with van der Waals surface area (Å²) in [6, 6.07) is 9.42. The van der Waals surface area contributed by atoms with Crippen molar-refractivity contribution in [3.63, 3.8) is 0 Å². The Hall–Kier alpha value is -2.03. The first-order valence-corrected chi connectivity index (χ1v) is 13.0. The van der Waals surface area contributed by atoms with Gasteiger partial charge in [-0.25, -0.2) is 4.79 Å². The second-order valence-corrected chi connectivity index (χ2v) is 11.5. The number of allylic oxidation sites excluding steroid dienone is 3. The van der Waals surface area contributed by atoms with Crippen molar-refractivity contribution >= 4 is 11.8 Å². The topological polar surface area (TPSA) is 38.3 Å². The molecule has 0 heterocycles. The third-order valence-corrected chi connectivity index (χ3v) is 8.54. The maximum atomic E-state index is 12.1. The minimum Gasteiger partial charge on any atom is -0.446 e. The number of nitrogens with one attached hydrogen (secondary N) is 1. The molecule has 182 valence electrons. The smallest absolute Gasteiger partial charge is 0.411 e. The molecule has 3 rings (SSSR count). The van der Waals surface area contributed by atoms with E-state index in [9.17, 15) is 4.79 Å². The van der Waals surface area contributed by atoms with E-state index in [1.54, 1.807) is 0 Å². The molecule has 0 aliphatic heterocycles. The quantitative estimate of drug-likeness (QED) is 0.401. The van der Waals surface area contributed by atoms with Crippen LogP contribution in [-0.4, -0.2) is 12.2 Å². The van der Waals surface area contributed by atoms with Gasteiger partial charge in [-0.05, 0) is 100 Å². The molecule has 0 bridgehead atoms. The number of rotatable bonds is 8. The zero-order valence-electron chi connectivity index (χ0n) is 21.6. The average Bonchev–Trinajstić information content (AvgIpc) is 2.73. The predicted octanol–water partition coefficient (Wildman–Crippen LogP) is 8.93. The van der Waals surface area contributed by atoms with Crippen LogP contribution in [0.15, 0.2) is 54.1 Å². The summed E-state index contributed by atoms with van der Waals surface area (Å²) in [4.78, 5) is 12.1. The van der Waals surface area contributed by atoms with E-state index >= 15 is 0 Å². The Morgan fingerprint density at radius 1 is 1.24 bits per heavy atom. The molecule has 1 aromatic carbocycles. The summed E-state index contributed by atoms with van der Waals surface area (Å²) in [6.07, 6.45) is 12.6. The molecule has 0 aromatic heterocycles. The summed E-state index contributed by atoms with van der Waals surface area (Å²) in [5.41, 5.74) is 4.56. The summed E-state index contributed by atoms with van der Waals surface area (Å²) in [6.45, 7) is 16.3. The van der Waals surface area contributed by atoms with E-state index in [0.29, 0.717) is 16.7 Å². The van der Waals surface area contributed by atoms with Crippen LogP contribution in [0.2, 0.25) is 0 Å². The Morgan fingerprint density at radius 2 is 1.97 bits per heavy atom. The minimum atomic E-state index is -0.386. The number of amides is 1. The van der Waals surface area contributed by atoms with Crippen LogP contribution < -0.4 is 5.32 Å². The SMILES string of the molecule is C=C1CC[C@H]2C(C)(C)CCC[C@]2(C)[C@@H]1CC/C(C)=C/CC[C@H](C)OC(=O)Nc1ccccc1. The molecule has 0 radical (unpaired) electrons. The van der Waals surface area contributed by atoms with Crippen LogP contribution in [0.5, 0.6) is 0 Å². The molecule has 0 saturated heterocycles. The molecule has 33 heavy (non-hydrogen) atoms. The van der Waals surface area contributed by atoms with Gasteiger partial charge in [-0.15, -0.1) is 0 Å². The van der Waals surface area contributed by atoms with Crippen molar-refractivity contribution < 1.29 is 9.53 Å². The Kier molecular flexibility index (Phi) is 8.48. The lowest BCUT2D eigenvalue weighted by molar-refractivity contribution is -0.0539. The van der Waals surface area contributed by atoms with Gasteiger partial charge < -0.3 is 4.74 Å². The minimum absolute atomic E-state index is 0.111. The molecule has 1 aromatic rings. The molecule has 1 N–H and O–H groups in total. The highest BCUT2D eigenvalue weighted by Crippen LogP contribution is 2.61. The molecular weight excluding hydrogens is 406 g/mol. The second-order valence-electron chi connectivity index (χ2n) is 11.5. The number of benzene rings is 1. The van der Waals surface area contributed by atoms with E-state index in [-0.39, 0.29) is 12.2 Å². The van der Waals surface area contributed by atoms with Crippen molar-refractivity contribution in [3.05, 3.63) is 54.1 Å². The van der Waals surface area contributed by atoms with Crippen LogP contribution in [-0.2, 0) is 4.74 Å². The maximum Gasteiger partial charge on any atom is 0.411 e. The highest BCUT2D eigenvalue weighted by atomic mass is 16.6. The molecule has 4 atom stereocenters. The fourth-order valence-electron chi connectivity index (χ4n) is 6.76. The normalized spacial score (nSPS) is 28.0. The van der Waals surface area contributed by atoms with Crippen LogP contribution in [0.4, 0.5) is 10.5 Å². The number of anilines is 1. The number of carbonyl (C=O) groups excluding carboxylic acids is 1. The van der Waals surface area contributed by atoms with E-state index in [1.807, 2.05) is 37.3 Å². The van der Waals surface area contributed by atoms with Crippen LogP contribution in [0, 0.1) is 22.7 Å². The largest absolute Gasteiger partial charge is 0.446 e. The summed E-state index contributed by atoms with van der Waals surface area (Å²) < 4.78 is 5.51. The Bertz CT molecular complexity index is 840. The van der Waals surface area contributed by atoms with Crippen LogP contribution in [0.1, 0.15) is 92.4 Å². The first-order chi connectivity index (χ1) is 15.6. The van der Waals surface area contributed by atoms with Gasteiger partial charge in [0, 0.05) is 5.69 Å². The molecule has 3 nitrogen and oxygen atoms in total. The van der Waals surface area contributed by atoms with Gasteiger partial charge in [0.05, 0.1) is 0 Å². The van der Waals surface area contributed by atoms with Crippen LogP contribution >= 0.6 is 0 Å². The Balaban J connectivity index is 1.45. The highest BCUT2D eigenvalue weighted by molar-refractivity contribution is 5.84. The van der Waals surface area contributed by atoms with Gasteiger partial charge in [0.25, 0.3) is 0 Å². The summed E-state index contributed by atoms with van der Waals surface area (Å²) in [5, 5.41) is 2.78. The lowest BCUT2D eigenvalue weighted by atomic mass is 9.47. The summed E-state index contributed by atoms with van der Waals surface area (Å²) >= 11 is 0. The molecule has 2 aliphatic carbocycles. The van der Waals surface area contributed by atoms with E-state index in [1.165, 1.54) is 49.7 Å².